The van der Waals surface area contributed by atoms with E-state index in [0.717, 1.165) is 19.5 Å². The van der Waals surface area contributed by atoms with Crippen LogP contribution < -0.4 is 5.73 Å². The van der Waals surface area contributed by atoms with Crippen molar-refractivity contribution in [3.05, 3.63) is 34.6 Å². The number of benzene rings is 1. The first-order chi connectivity index (χ1) is 8.08. The maximum atomic E-state index is 13.7. The van der Waals surface area contributed by atoms with Crippen LogP contribution in [0.1, 0.15) is 18.9 Å². The van der Waals surface area contributed by atoms with Crippen LogP contribution in [-0.4, -0.2) is 24.0 Å². The Labute approximate surface area is 107 Å². The summed E-state index contributed by atoms with van der Waals surface area (Å²) in [5.74, 6) is 0.169. The van der Waals surface area contributed by atoms with Crippen molar-refractivity contribution >= 4 is 11.6 Å². The fourth-order valence-corrected chi connectivity index (χ4v) is 2.50. The summed E-state index contributed by atoms with van der Waals surface area (Å²) in [5.41, 5.74) is 6.63. The van der Waals surface area contributed by atoms with Gasteiger partial charge in [-0.05, 0) is 24.9 Å². The SMILES string of the molecule is CC1CN(Cc2cccc(Cl)c2F)CCC1N. The summed E-state index contributed by atoms with van der Waals surface area (Å²) < 4.78 is 13.7. The minimum absolute atomic E-state index is 0.198. The highest BCUT2D eigenvalue weighted by Crippen LogP contribution is 2.22. The van der Waals surface area contributed by atoms with E-state index in [0.29, 0.717) is 18.0 Å². The van der Waals surface area contributed by atoms with Crippen LogP contribution in [0.2, 0.25) is 5.02 Å². The van der Waals surface area contributed by atoms with Crippen LogP contribution in [0.25, 0.3) is 0 Å². The smallest absolute Gasteiger partial charge is 0.146 e. The molecule has 1 heterocycles. The molecule has 4 heteroatoms. The molecule has 17 heavy (non-hydrogen) atoms. The number of halogens is 2. The molecule has 0 spiro atoms. The second-order valence-electron chi connectivity index (χ2n) is 4.88. The lowest BCUT2D eigenvalue weighted by molar-refractivity contribution is 0.156. The summed E-state index contributed by atoms with van der Waals surface area (Å²) in [6.07, 6.45) is 0.976. The summed E-state index contributed by atoms with van der Waals surface area (Å²) in [5, 5.41) is 0.198. The molecule has 0 amide bonds. The van der Waals surface area contributed by atoms with Crippen molar-refractivity contribution in [2.24, 2.45) is 11.7 Å². The van der Waals surface area contributed by atoms with E-state index >= 15 is 0 Å². The molecular formula is C13H18ClFN2. The Balaban J connectivity index is 2.04. The lowest BCUT2D eigenvalue weighted by Gasteiger charge is -2.35. The number of likely N-dealkylation sites (tertiary alicyclic amines) is 1. The summed E-state index contributed by atoms with van der Waals surface area (Å²) in [6.45, 7) is 4.61. The number of rotatable bonds is 2. The van der Waals surface area contributed by atoms with E-state index in [-0.39, 0.29) is 16.9 Å². The molecule has 1 aliphatic heterocycles. The van der Waals surface area contributed by atoms with Crippen molar-refractivity contribution in [1.82, 2.24) is 4.90 Å². The third kappa shape index (κ3) is 2.97. The van der Waals surface area contributed by atoms with E-state index < -0.39 is 0 Å². The Morgan fingerprint density at radius 2 is 2.29 bits per heavy atom. The van der Waals surface area contributed by atoms with Gasteiger partial charge < -0.3 is 5.73 Å². The van der Waals surface area contributed by atoms with Gasteiger partial charge in [-0.2, -0.15) is 0 Å². The van der Waals surface area contributed by atoms with Crippen molar-refractivity contribution < 1.29 is 4.39 Å². The summed E-state index contributed by atoms with van der Waals surface area (Å²) in [6, 6.07) is 5.44. The summed E-state index contributed by atoms with van der Waals surface area (Å²) in [7, 11) is 0. The van der Waals surface area contributed by atoms with Crippen LogP contribution in [0.3, 0.4) is 0 Å². The molecule has 0 bridgehead atoms. The monoisotopic (exact) mass is 256 g/mol. The van der Waals surface area contributed by atoms with Gasteiger partial charge in [-0.1, -0.05) is 30.7 Å². The van der Waals surface area contributed by atoms with Gasteiger partial charge in [-0.15, -0.1) is 0 Å². The Hall–Kier alpha value is -0.640. The normalized spacial score (nSPS) is 26.1. The standard InChI is InChI=1S/C13H18ClFN2/c1-9-7-17(6-5-12(9)16)8-10-3-2-4-11(14)13(10)15/h2-4,9,12H,5-8,16H2,1H3. The maximum Gasteiger partial charge on any atom is 0.146 e. The molecular weight excluding hydrogens is 239 g/mol. The van der Waals surface area contributed by atoms with Gasteiger partial charge in [0.25, 0.3) is 0 Å². The highest BCUT2D eigenvalue weighted by atomic mass is 35.5. The van der Waals surface area contributed by atoms with Gasteiger partial charge in [0, 0.05) is 24.7 Å². The molecule has 94 valence electrons. The zero-order valence-electron chi connectivity index (χ0n) is 10.00. The number of hydrogen-bond acceptors (Lipinski definition) is 2. The predicted molar refractivity (Wildman–Crippen MR) is 68.4 cm³/mol. The fourth-order valence-electron chi connectivity index (χ4n) is 2.31. The van der Waals surface area contributed by atoms with E-state index in [1.165, 1.54) is 0 Å². The summed E-state index contributed by atoms with van der Waals surface area (Å²) >= 11 is 5.77. The third-order valence-electron chi connectivity index (χ3n) is 3.48. The van der Waals surface area contributed by atoms with Gasteiger partial charge in [0.1, 0.15) is 5.82 Å². The van der Waals surface area contributed by atoms with Gasteiger partial charge in [0.15, 0.2) is 0 Å². The van der Waals surface area contributed by atoms with Gasteiger partial charge >= 0.3 is 0 Å². The molecule has 1 aromatic rings. The molecule has 2 nitrogen and oxygen atoms in total. The molecule has 1 aliphatic rings. The van der Waals surface area contributed by atoms with E-state index in [1.54, 1.807) is 18.2 Å². The van der Waals surface area contributed by atoms with Crippen LogP contribution >= 0.6 is 11.6 Å². The average Bonchev–Trinajstić information content (AvgIpc) is 2.30. The molecule has 1 fully saturated rings. The second-order valence-corrected chi connectivity index (χ2v) is 5.29. The zero-order valence-corrected chi connectivity index (χ0v) is 10.8. The molecule has 2 unspecified atom stereocenters. The molecule has 2 atom stereocenters. The molecule has 2 N–H and O–H groups in total. The van der Waals surface area contributed by atoms with Crippen LogP contribution in [0.15, 0.2) is 18.2 Å². The van der Waals surface area contributed by atoms with Gasteiger partial charge in [-0.25, -0.2) is 4.39 Å². The predicted octanol–water partition coefficient (Wildman–Crippen LogP) is 2.65. The van der Waals surface area contributed by atoms with Crippen molar-refractivity contribution in [3.8, 4) is 0 Å². The zero-order chi connectivity index (χ0) is 12.4. The van der Waals surface area contributed by atoms with E-state index in [2.05, 4.69) is 11.8 Å². The molecule has 1 saturated heterocycles. The Morgan fingerprint density at radius 3 is 3.00 bits per heavy atom. The minimum atomic E-state index is -0.295. The second kappa shape index (κ2) is 5.34. The van der Waals surface area contributed by atoms with Gasteiger partial charge in [0.05, 0.1) is 5.02 Å². The van der Waals surface area contributed by atoms with Crippen LogP contribution in [-0.2, 0) is 6.54 Å². The maximum absolute atomic E-state index is 13.7. The van der Waals surface area contributed by atoms with E-state index in [9.17, 15) is 4.39 Å². The largest absolute Gasteiger partial charge is 0.327 e. The Kier molecular flexibility index (Phi) is 4.02. The molecule has 0 radical (unpaired) electrons. The molecule has 1 aromatic carbocycles. The number of piperidine rings is 1. The van der Waals surface area contributed by atoms with Gasteiger partial charge in [0.2, 0.25) is 0 Å². The van der Waals surface area contributed by atoms with Crippen molar-refractivity contribution in [3.63, 3.8) is 0 Å². The quantitative estimate of drug-likeness (QED) is 0.882. The van der Waals surface area contributed by atoms with Crippen LogP contribution in [0.5, 0.6) is 0 Å². The number of nitrogens with zero attached hydrogens (tertiary/aromatic N) is 1. The van der Waals surface area contributed by atoms with Crippen LogP contribution in [0.4, 0.5) is 4.39 Å². The van der Waals surface area contributed by atoms with Gasteiger partial charge in [-0.3, -0.25) is 4.90 Å². The Morgan fingerprint density at radius 1 is 1.53 bits per heavy atom. The molecule has 2 rings (SSSR count). The highest BCUT2D eigenvalue weighted by molar-refractivity contribution is 6.30. The van der Waals surface area contributed by atoms with Crippen molar-refractivity contribution in [2.45, 2.75) is 25.9 Å². The lowest BCUT2D eigenvalue weighted by Crippen LogP contribution is -2.45. The first kappa shape index (κ1) is 12.8. The highest BCUT2D eigenvalue weighted by Gasteiger charge is 2.23. The topological polar surface area (TPSA) is 29.3 Å². The minimum Gasteiger partial charge on any atom is -0.327 e. The first-order valence-corrected chi connectivity index (χ1v) is 6.36. The molecule has 0 aromatic heterocycles. The molecule has 0 saturated carbocycles. The number of hydrogen-bond donors (Lipinski definition) is 1. The van der Waals surface area contributed by atoms with Crippen LogP contribution in [0, 0.1) is 11.7 Å². The number of nitrogens with two attached hydrogens (primary N) is 1. The van der Waals surface area contributed by atoms with Crippen molar-refractivity contribution in [1.29, 1.82) is 0 Å². The fraction of sp³-hybridized carbons (Fsp3) is 0.538. The van der Waals surface area contributed by atoms with Crippen molar-refractivity contribution in [2.75, 3.05) is 13.1 Å². The molecule has 0 aliphatic carbocycles. The third-order valence-corrected chi connectivity index (χ3v) is 3.77. The van der Waals surface area contributed by atoms with E-state index in [1.807, 2.05) is 0 Å². The summed E-state index contributed by atoms with van der Waals surface area (Å²) in [4.78, 5) is 2.24. The lowest BCUT2D eigenvalue weighted by atomic mass is 9.94. The first-order valence-electron chi connectivity index (χ1n) is 5.98. The van der Waals surface area contributed by atoms with E-state index in [4.69, 9.17) is 17.3 Å². The Bertz CT molecular complexity index is 397. The average molecular weight is 257 g/mol.